The molecule has 0 aliphatic heterocycles. The molecule has 1 atom stereocenters. The summed E-state index contributed by atoms with van der Waals surface area (Å²) in [5.41, 5.74) is -0.311. The van der Waals surface area contributed by atoms with Crippen LogP contribution in [0.2, 0.25) is 0 Å². The van der Waals surface area contributed by atoms with Crippen molar-refractivity contribution in [1.29, 1.82) is 0 Å². The molecular formula is C15H25N5O4. The van der Waals surface area contributed by atoms with E-state index in [1.807, 2.05) is 13.8 Å². The van der Waals surface area contributed by atoms with Gasteiger partial charge in [0.15, 0.2) is 11.2 Å². The number of rotatable bonds is 8. The molecule has 0 saturated heterocycles. The lowest BCUT2D eigenvalue weighted by Crippen LogP contribution is -2.42. The van der Waals surface area contributed by atoms with E-state index in [9.17, 15) is 14.7 Å². The van der Waals surface area contributed by atoms with Gasteiger partial charge in [0.05, 0.1) is 25.6 Å². The molecule has 2 rings (SSSR count). The van der Waals surface area contributed by atoms with Gasteiger partial charge in [0.1, 0.15) is 0 Å². The lowest BCUT2D eigenvalue weighted by Gasteiger charge is -2.18. The van der Waals surface area contributed by atoms with Gasteiger partial charge in [0.25, 0.3) is 5.56 Å². The minimum atomic E-state index is -0.997. The Morgan fingerprint density at radius 3 is 2.54 bits per heavy atom. The third kappa shape index (κ3) is 3.42. The van der Waals surface area contributed by atoms with Crippen LogP contribution in [-0.2, 0) is 20.1 Å². The first kappa shape index (κ1) is 18.4. The van der Waals surface area contributed by atoms with Gasteiger partial charge in [-0.05, 0) is 13.1 Å². The molecule has 2 heterocycles. The largest absolute Gasteiger partial charge is 0.394 e. The van der Waals surface area contributed by atoms with Gasteiger partial charge in [-0.2, -0.15) is 0 Å². The summed E-state index contributed by atoms with van der Waals surface area (Å²) < 4.78 is 4.01. The van der Waals surface area contributed by atoms with E-state index in [0.29, 0.717) is 6.54 Å². The highest BCUT2D eigenvalue weighted by atomic mass is 16.3. The van der Waals surface area contributed by atoms with Crippen molar-refractivity contribution in [2.75, 3.05) is 26.2 Å². The first-order valence-electron chi connectivity index (χ1n) is 8.10. The van der Waals surface area contributed by atoms with E-state index in [-0.39, 0.29) is 24.3 Å². The molecule has 0 amide bonds. The highest BCUT2D eigenvalue weighted by Crippen LogP contribution is 2.06. The number of aryl methyl sites for hydroxylation is 1. The Hall–Kier alpha value is -1.97. The number of aliphatic hydroxyl groups excluding tert-OH is 2. The smallest absolute Gasteiger partial charge is 0.332 e. The number of imidazole rings is 1. The Morgan fingerprint density at radius 1 is 1.29 bits per heavy atom. The van der Waals surface area contributed by atoms with Gasteiger partial charge in [-0.1, -0.05) is 13.8 Å². The van der Waals surface area contributed by atoms with Crippen LogP contribution in [0.1, 0.15) is 13.8 Å². The maximum Gasteiger partial charge on any atom is 0.332 e. The van der Waals surface area contributed by atoms with Crippen LogP contribution in [0, 0.1) is 0 Å². The summed E-state index contributed by atoms with van der Waals surface area (Å²) in [5, 5.41) is 18.6. The summed E-state index contributed by atoms with van der Waals surface area (Å²) in [6.07, 6.45) is 0.405. The van der Waals surface area contributed by atoms with E-state index < -0.39 is 24.0 Å². The minimum absolute atomic E-state index is 0.0382. The molecule has 0 aliphatic rings. The first-order valence-corrected chi connectivity index (χ1v) is 8.10. The molecule has 0 fully saturated rings. The molecule has 2 aromatic heterocycles. The average Bonchev–Trinajstić information content (AvgIpc) is 3.00. The molecule has 1 unspecified atom stereocenters. The van der Waals surface area contributed by atoms with Gasteiger partial charge in [-0.3, -0.25) is 13.9 Å². The van der Waals surface area contributed by atoms with Crippen molar-refractivity contribution in [3.05, 3.63) is 27.2 Å². The van der Waals surface area contributed by atoms with Gasteiger partial charge in [0.2, 0.25) is 0 Å². The predicted molar refractivity (Wildman–Crippen MR) is 90.1 cm³/mol. The summed E-state index contributed by atoms with van der Waals surface area (Å²) in [6.45, 7) is 6.25. The number of likely N-dealkylation sites (N-methyl/N-ethyl adjacent to an activating group) is 1. The molecule has 9 nitrogen and oxygen atoms in total. The van der Waals surface area contributed by atoms with Gasteiger partial charge in [-0.25, -0.2) is 9.78 Å². The van der Waals surface area contributed by atoms with Crippen LogP contribution in [0.15, 0.2) is 15.9 Å². The third-order valence-electron chi connectivity index (χ3n) is 4.25. The van der Waals surface area contributed by atoms with Crippen LogP contribution in [-0.4, -0.2) is 66.1 Å². The molecule has 9 heteroatoms. The molecular weight excluding hydrogens is 314 g/mol. The van der Waals surface area contributed by atoms with E-state index in [0.717, 1.165) is 13.1 Å². The fourth-order valence-electron chi connectivity index (χ4n) is 2.72. The second kappa shape index (κ2) is 7.73. The van der Waals surface area contributed by atoms with Crippen molar-refractivity contribution in [3.8, 4) is 0 Å². The van der Waals surface area contributed by atoms with Crippen molar-refractivity contribution in [2.45, 2.75) is 33.0 Å². The maximum atomic E-state index is 12.8. The van der Waals surface area contributed by atoms with Crippen LogP contribution in [0.4, 0.5) is 0 Å². The number of hydrogen-bond acceptors (Lipinski definition) is 6. The van der Waals surface area contributed by atoms with Crippen molar-refractivity contribution >= 4 is 11.2 Å². The van der Waals surface area contributed by atoms with Crippen LogP contribution >= 0.6 is 0 Å². The van der Waals surface area contributed by atoms with Crippen LogP contribution in [0.3, 0.4) is 0 Å². The molecule has 0 aliphatic carbocycles. The van der Waals surface area contributed by atoms with Gasteiger partial charge in [-0.15, -0.1) is 0 Å². The highest BCUT2D eigenvalue weighted by molar-refractivity contribution is 5.69. The quantitative estimate of drug-likeness (QED) is 0.612. The Morgan fingerprint density at radius 2 is 1.96 bits per heavy atom. The first-order chi connectivity index (χ1) is 11.4. The zero-order valence-corrected chi connectivity index (χ0v) is 14.3. The van der Waals surface area contributed by atoms with Gasteiger partial charge >= 0.3 is 5.69 Å². The lowest BCUT2D eigenvalue weighted by molar-refractivity contribution is 0.0820. The Kier molecular flexibility index (Phi) is 5.92. The molecule has 0 saturated carbocycles. The number of fused-ring (bicyclic) bond motifs is 1. The number of hydrogen-bond donors (Lipinski definition) is 2. The fraction of sp³-hybridized carbons (Fsp3) is 0.667. The molecule has 0 radical (unpaired) electrons. The SMILES string of the molecule is CCN(CC)CCn1c(=O)c2c(ncn2CC(O)CO)n(C)c1=O. The fourth-order valence-corrected chi connectivity index (χ4v) is 2.72. The number of aliphatic hydroxyl groups is 2. The van der Waals surface area contributed by atoms with E-state index in [1.54, 1.807) is 7.05 Å². The second-order valence-corrected chi connectivity index (χ2v) is 5.73. The molecule has 2 aromatic rings. The maximum absolute atomic E-state index is 12.8. The molecule has 134 valence electrons. The van der Waals surface area contributed by atoms with E-state index in [2.05, 4.69) is 9.88 Å². The van der Waals surface area contributed by atoms with Crippen molar-refractivity contribution in [3.63, 3.8) is 0 Å². The van der Waals surface area contributed by atoms with E-state index in [4.69, 9.17) is 5.11 Å². The van der Waals surface area contributed by atoms with Crippen molar-refractivity contribution < 1.29 is 10.2 Å². The highest BCUT2D eigenvalue weighted by Gasteiger charge is 2.17. The molecule has 2 N–H and O–H groups in total. The van der Waals surface area contributed by atoms with Gasteiger partial charge in [0, 0.05) is 20.1 Å². The second-order valence-electron chi connectivity index (χ2n) is 5.73. The minimum Gasteiger partial charge on any atom is -0.394 e. The summed E-state index contributed by atoms with van der Waals surface area (Å²) in [5.74, 6) is 0. The predicted octanol–water partition coefficient (Wildman–Crippen LogP) is -1.41. The molecule has 24 heavy (non-hydrogen) atoms. The van der Waals surface area contributed by atoms with E-state index in [1.165, 1.54) is 20.0 Å². The van der Waals surface area contributed by atoms with Crippen LogP contribution in [0.5, 0.6) is 0 Å². The van der Waals surface area contributed by atoms with Crippen molar-refractivity contribution in [2.24, 2.45) is 7.05 Å². The monoisotopic (exact) mass is 339 g/mol. The molecule has 0 spiro atoms. The van der Waals surface area contributed by atoms with Crippen LogP contribution in [0.25, 0.3) is 11.2 Å². The molecule has 0 aromatic carbocycles. The zero-order chi connectivity index (χ0) is 17.9. The van der Waals surface area contributed by atoms with Crippen molar-refractivity contribution in [1.82, 2.24) is 23.6 Å². The topological polar surface area (TPSA) is 106 Å². The van der Waals surface area contributed by atoms with E-state index >= 15 is 0 Å². The number of aromatic nitrogens is 4. The normalized spacial score (nSPS) is 13.1. The zero-order valence-electron chi connectivity index (χ0n) is 14.3. The summed E-state index contributed by atoms with van der Waals surface area (Å²) in [6, 6.07) is 0. The Balaban J connectivity index is 2.50. The summed E-state index contributed by atoms with van der Waals surface area (Å²) >= 11 is 0. The Labute approximate surface area is 139 Å². The third-order valence-corrected chi connectivity index (χ3v) is 4.25. The summed E-state index contributed by atoms with van der Waals surface area (Å²) in [7, 11) is 1.57. The molecule has 0 bridgehead atoms. The van der Waals surface area contributed by atoms with Gasteiger partial charge < -0.3 is 19.7 Å². The average molecular weight is 339 g/mol. The van der Waals surface area contributed by atoms with Crippen LogP contribution < -0.4 is 11.2 Å². The lowest BCUT2D eigenvalue weighted by atomic mass is 10.3. The number of nitrogens with zero attached hydrogens (tertiary/aromatic N) is 5. The summed E-state index contributed by atoms with van der Waals surface area (Å²) in [4.78, 5) is 31.5. The Bertz CT molecular complexity index is 803. The standard InChI is InChI=1S/C15H25N5O4/c1-4-18(5-2)6-7-20-14(23)12-13(17(3)15(20)24)16-10-19(12)8-11(22)9-21/h10-11,21-22H,4-9H2,1-3H3.